The Labute approximate surface area is 346 Å². The van der Waals surface area contributed by atoms with Crippen molar-refractivity contribution in [2.75, 3.05) is 0 Å². The second-order valence-electron chi connectivity index (χ2n) is 14.9. The van der Waals surface area contributed by atoms with Gasteiger partial charge in [-0.05, 0) is 90.5 Å². The van der Waals surface area contributed by atoms with Gasteiger partial charge in [0.05, 0.1) is 12.1 Å². The van der Waals surface area contributed by atoms with Crippen LogP contribution in [0.15, 0.2) is 200 Å². The molecule has 2 aromatic heterocycles. The molecule has 11 aromatic rings. The van der Waals surface area contributed by atoms with Crippen LogP contribution in [0.4, 0.5) is 5.69 Å². The standard InChI is InChI=1S/C55H33N5/c1-56-40-22-13-20-38(32-40)48-33-50-45-26-11-10-25-44(45)49(34-51(50)47-27-14-30-57-52(47)48)46-29-28-41(42-23-8-9-24-43(42)46)37-19-12-21-39(31-37)55-59-53(35-15-4-2-5-16-35)58-54(60-55)36-17-6-3-7-18-36/h2-34H. The lowest BCUT2D eigenvalue weighted by Gasteiger charge is -2.18. The van der Waals surface area contributed by atoms with Crippen LogP contribution in [0, 0.1) is 6.57 Å². The fraction of sp³-hybridized carbons (Fsp3) is 0. The first-order valence-electron chi connectivity index (χ1n) is 19.9. The van der Waals surface area contributed by atoms with Crippen molar-refractivity contribution in [1.82, 2.24) is 19.9 Å². The van der Waals surface area contributed by atoms with Gasteiger partial charge in [0.25, 0.3) is 0 Å². The number of fused-ring (bicyclic) bond motifs is 6. The van der Waals surface area contributed by atoms with Gasteiger partial charge in [-0.1, -0.05) is 164 Å². The van der Waals surface area contributed by atoms with E-state index in [1.807, 2.05) is 91.1 Å². The molecule has 0 aliphatic heterocycles. The van der Waals surface area contributed by atoms with Crippen molar-refractivity contribution in [3.63, 3.8) is 0 Å². The van der Waals surface area contributed by atoms with Gasteiger partial charge in [0.1, 0.15) is 0 Å². The molecule has 0 unspecified atom stereocenters. The molecular formula is C55H33N5. The molecule has 0 saturated carbocycles. The molecule has 278 valence electrons. The van der Waals surface area contributed by atoms with Crippen molar-refractivity contribution in [2.45, 2.75) is 0 Å². The molecule has 0 fully saturated rings. The predicted octanol–water partition coefficient (Wildman–Crippen LogP) is 14.4. The van der Waals surface area contributed by atoms with Crippen molar-refractivity contribution < 1.29 is 0 Å². The second kappa shape index (κ2) is 14.6. The Morgan fingerprint density at radius 1 is 0.317 bits per heavy atom. The van der Waals surface area contributed by atoms with E-state index in [2.05, 4.69) is 114 Å². The smallest absolute Gasteiger partial charge is 0.187 e. The van der Waals surface area contributed by atoms with Crippen LogP contribution < -0.4 is 0 Å². The Hall–Kier alpha value is -8.33. The van der Waals surface area contributed by atoms with Crippen LogP contribution >= 0.6 is 0 Å². The Morgan fingerprint density at radius 3 is 1.48 bits per heavy atom. The van der Waals surface area contributed by atoms with Crippen molar-refractivity contribution in [2.24, 2.45) is 0 Å². The molecule has 0 aliphatic carbocycles. The maximum atomic E-state index is 7.65. The summed E-state index contributed by atoms with van der Waals surface area (Å²) in [5.41, 5.74) is 10.8. The number of rotatable bonds is 6. The molecule has 9 aromatic carbocycles. The molecule has 0 atom stereocenters. The lowest BCUT2D eigenvalue weighted by molar-refractivity contribution is 1.07. The maximum absolute atomic E-state index is 7.65. The van der Waals surface area contributed by atoms with Crippen molar-refractivity contribution in [3.05, 3.63) is 212 Å². The highest BCUT2D eigenvalue weighted by Crippen LogP contribution is 2.44. The van der Waals surface area contributed by atoms with Crippen molar-refractivity contribution >= 4 is 48.9 Å². The first-order chi connectivity index (χ1) is 29.7. The summed E-state index contributed by atoms with van der Waals surface area (Å²) in [6.07, 6.45) is 1.85. The van der Waals surface area contributed by atoms with E-state index in [4.69, 9.17) is 26.5 Å². The van der Waals surface area contributed by atoms with Crippen LogP contribution in [0.2, 0.25) is 0 Å². The van der Waals surface area contributed by atoms with E-state index in [-0.39, 0.29) is 0 Å². The Kier molecular flexibility index (Phi) is 8.46. The van der Waals surface area contributed by atoms with Crippen LogP contribution in [-0.2, 0) is 0 Å². The van der Waals surface area contributed by atoms with Crippen molar-refractivity contribution in [3.8, 4) is 67.5 Å². The minimum atomic E-state index is 0.610. The van der Waals surface area contributed by atoms with Crippen LogP contribution in [0.3, 0.4) is 0 Å². The van der Waals surface area contributed by atoms with Gasteiger partial charge >= 0.3 is 0 Å². The fourth-order valence-electron chi connectivity index (χ4n) is 8.56. The van der Waals surface area contributed by atoms with E-state index in [0.29, 0.717) is 23.2 Å². The van der Waals surface area contributed by atoms with E-state index in [1.165, 1.54) is 10.8 Å². The van der Waals surface area contributed by atoms with E-state index < -0.39 is 0 Å². The quantitative estimate of drug-likeness (QED) is 0.125. The van der Waals surface area contributed by atoms with Gasteiger partial charge in [-0.2, -0.15) is 0 Å². The molecular weight excluding hydrogens is 731 g/mol. The molecule has 0 spiro atoms. The van der Waals surface area contributed by atoms with E-state index in [9.17, 15) is 0 Å². The van der Waals surface area contributed by atoms with E-state index in [1.54, 1.807) is 0 Å². The lowest BCUT2D eigenvalue weighted by Crippen LogP contribution is -2.00. The van der Waals surface area contributed by atoms with Crippen molar-refractivity contribution in [1.29, 1.82) is 0 Å². The summed E-state index contributed by atoms with van der Waals surface area (Å²) in [6.45, 7) is 7.65. The SMILES string of the molecule is [C-]#[N+]c1cccc(-c2cc3c4ccccc4c(-c4ccc(-c5cccc(-c6nc(-c7ccccc7)nc(-c7ccccc7)n6)c5)c5ccccc45)cc3c3cccnc23)c1. The van der Waals surface area contributed by atoms with Gasteiger partial charge in [0.2, 0.25) is 0 Å². The second-order valence-corrected chi connectivity index (χ2v) is 14.9. The number of benzene rings is 9. The number of nitrogens with zero attached hydrogens (tertiary/aromatic N) is 5. The molecule has 0 aliphatic rings. The Bertz CT molecular complexity index is 3440. The van der Waals surface area contributed by atoms with Crippen LogP contribution in [0.5, 0.6) is 0 Å². The molecule has 0 radical (unpaired) electrons. The third-order valence-electron chi connectivity index (χ3n) is 11.4. The number of hydrogen-bond acceptors (Lipinski definition) is 4. The lowest BCUT2D eigenvalue weighted by atomic mass is 9.86. The molecule has 5 heteroatoms. The number of hydrogen-bond donors (Lipinski definition) is 0. The zero-order valence-corrected chi connectivity index (χ0v) is 32.3. The summed E-state index contributed by atoms with van der Waals surface area (Å²) < 4.78 is 0. The van der Waals surface area contributed by atoms with Gasteiger partial charge < -0.3 is 0 Å². The molecule has 0 bridgehead atoms. The average Bonchev–Trinajstić information content (AvgIpc) is 3.33. The Balaban J connectivity index is 1.08. The largest absolute Gasteiger partial charge is 0.256 e. The minimum absolute atomic E-state index is 0.610. The molecule has 60 heavy (non-hydrogen) atoms. The summed E-state index contributed by atoms with van der Waals surface area (Å²) in [5, 5.41) is 8.03. The van der Waals surface area contributed by atoms with Gasteiger partial charge in [-0.3, -0.25) is 4.98 Å². The first kappa shape index (κ1) is 34.9. The number of aromatic nitrogens is 4. The van der Waals surface area contributed by atoms with Gasteiger partial charge in [0.15, 0.2) is 23.2 Å². The van der Waals surface area contributed by atoms with E-state index in [0.717, 1.165) is 82.5 Å². The summed E-state index contributed by atoms with van der Waals surface area (Å²) in [6, 6.07) is 67.2. The monoisotopic (exact) mass is 763 g/mol. The average molecular weight is 764 g/mol. The highest BCUT2D eigenvalue weighted by molar-refractivity contribution is 6.24. The third kappa shape index (κ3) is 6.03. The van der Waals surface area contributed by atoms with E-state index >= 15 is 0 Å². The van der Waals surface area contributed by atoms with Gasteiger partial charge in [-0.25, -0.2) is 19.8 Å². The normalized spacial score (nSPS) is 11.3. The zero-order valence-electron chi connectivity index (χ0n) is 32.3. The van der Waals surface area contributed by atoms with Gasteiger partial charge in [0, 0.05) is 33.8 Å². The number of pyridine rings is 1. The molecule has 0 saturated heterocycles. The molecule has 0 amide bonds. The zero-order chi connectivity index (χ0) is 40.0. The first-order valence-corrected chi connectivity index (χ1v) is 19.9. The topological polar surface area (TPSA) is 55.9 Å². The summed E-state index contributed by atoms with van der Waals surface area (Å²) in [5.74, 6) is 1.89. The fourth-order valence-corrected chi connectivity index (χ4v) is 8.56. The molecule has 2 heterocycles. The summed E-state index contributed by atoms with van der Waals surface area (Å²) in [4.78, 5) is 23.6. The third-order valence-corrected chi connectivity index (χ3v) is 11.4. The summed E-state index contributed by atoms with van der Waals surface area (Å²) >= 11 is 0. The highest BCUT2D eigenvalue weighted by atomic mass is 15.0. The predicted molar refractivity (Wildman–Crippen MR) is 247 cm³/mol. The van der Waals surface area contributed by atoms with Crippen LogP contribution in [-0.4, -0.2) is 19.9 Å². The maximum Gasteiger partial charge on any atom is 0.187 e. The van der Waals surface area contributed by atoms with Crippen LogP contribution in [0.25, 0.3) is 116 Å². The Morgan fingerprint density at radius 2 is 0.800 bits per heavy atom. The highest BCUT2D eigenvalue weighted by Gasteiger charge is 2.19. The minimum Gasteiger partial charge on any atom is -0.256 e. The molecule has 5 nitrogen and oxygen atoms in total. The molecule has 0 N–H and O–H groups in total. The summed E-state index contributed by atoms with van der Waals surface area (Å²) in [7, 11) is 0. The van der Waals surface area contributed by atoms with Crippen LogP contribution in [0.1, 0.15) is 0 Å². The van der Waals surface area contributed by atoms with Gasteiger partial charge in [-0.15, -0.1) is 0 Å². The molecule has 11 rings (SSSR count).